The van der Waals surface area contributed by atoms with Crippen molar-refractivity contribution in [1.82, 2.24) is 10.2 Å². The predicted octanol–water partition coefficient (Wildman–Crippen LogP) is 2.83. The lowest BCUT2D eigenvalue weighted by Gasteiger charge is -2.29. The first-order valence-corrected chi connectivity index (χ1v) is 10.1. The molecule has 2 aromatic carbocycles. The summed E-state index contributed by atoms with van der Waals surface area (Å²) < 4.78 is 16.1. The molecule has 2 aliphatic rings. The Hall–Kier alpha value is -3.26. The van der Waals surface area contributed by atoms with Crippen LogP contribution in [0.15, 0.2) is 36.4 Å². The molecule has 2 aromatic rings. The van der Waals surface area contributed by atoms with Gasteiger partial charge in [0.05, 0.1) is 14.2 Å². The van der Waals surface area contributed by atoms with Gasteiger partial charge in [0.2, 0.25) is 18.0 Å². The Labute approximate surface area is 184 Å². The van der Waals surface area contributed by atoms with Gasteiger partial charge in [-0.15, -0.1) is 0 Å². The minimum absolute atomic E-state index is 0.190. The average Bonchev–Trinajstić information content (AvgIpc) is 3.32. The molecule has 0 bridgehead atoms. The second kappa shape index (κ2) is 8.47. The quantitative estimate of drug-likeness (QED) is 0.688. The summed E-state index contributed by atoms with van der Waals surface area (Å²) in [5.41, 5.74) is 1.54. The van der Waals surface area contributed by atoms with Crippen LogP contribution in [0.2, 0.25) is 5.02 Å². The fourth-order valence-electron chi connectivity index (χ4n) is 3.95. The summed E-state index contributed by atoms with van der Waals surface area (Å²) in [6.07, 6.45) is -0.471. The van der Waals surface area contributed by atoms with E-state index in [9.17, 15) is 14.4 Å². The van der Waals surface area contributed by atoms with Crippen molar-refractivity contribution in [3.8, 4) is 11.5 Å². The van der Waals surface area contributed by atoms with Crippen LogP contribution in [-0.2, 0) is 20.9 Å². The largest absolute Gasteiger partial charge is 0.493 e. The number of esters is 1. The van der Waals surface area contributed by atoms with Gasteiger partial charge in [0.15, 0.2) is 11.5 Å². The van der Waals surface area contributed by atoms with Gasteiger partial charge >= 0.3 is 5.97 Å². The lowest BCUT2D eigenvalue weighted by Crippen LogP contribution is -2.46. The molecule has 31 heavy (non-hydrogen) atoms. The van der Waals surface area contributed by atoms with Crippen LogP contribution in [0.5, 0.6) is 11.5 Å². The molecule has 0 spiro atoms. The number of nitrogens with one attached hydrogen (secondary N) is 1. The number of likely N-dealkylation sites (tertiary alicyclic amines) is 1. The highest BCUT2D eigenvalue weighted by Crippen LogP contribution is 2.45. The molecule has 0 saturated carbocycles. The van der Waals surface area contributed by atoms with Crippen molar-refractivity contribution in [2.75, 3.05) is 14.2 Å². The maximum Gasteiger partial charge on any atom is 0.344 e. The Bertz CT molecular complexity index is 1040. The summed E-state index contributed by atoms with van der Waals surface area (Å²) in [5, 5.41) is 3.46. The summed E-state index contributed by atoms with van der Waals surface area (Å²) in [4.78, 5) is 39.5. The zero-order valence-corrected chi connectivity index (χ0v) is 17.8. The van der Waals surface area contributed by atoms with E-state index in [0.29, 0.717) is 29.3 Å². The van der Waals surface area contributed by atoms with E-state index in [4.69, 9.17) is 25.8 Å². The third kappa shape index (κ3) is 3.79. The van der Waals surface area contributed by atoms with Crippen LogP contribution in [0.1, 0.15) is 40.6 Å². The number of fused-ring (bicyclic) bond motifs is 1. The fraction of sp³-hybridized carbons (Fsp3) is 0.318. The van der Waals surface area contributed by atoms with E-state index in [-0.39, 0.29) is 29.5 Å². The highest BCUT2D eigenvalue weighted by atomic mass is 35.5. The van der Waals surface area contributed by atoms with Gasteiger partial charge in [-0.05, 0) is 36.2 Å². The van der Waals surface area contributed by atoms with Crippen LogP contribution < -0.4 is 14.8 Å². The Morgan fingerprint density at radius 2 is 1.90 bits per heavy atom. The molecule has 2 heterocycles. The van der Waals surface area contributed by atoms with Crippen molar-refractivity contribution in [3.05, 3.63) is 58.1 Å². The highest BCUT2D eigenvalue weighted by molar-refractivity contribution is 6.30. The summed E-state index contributed by atoms with van der Waals surface area (Å²) >= 11 is 5.89. The van der Waals surface area contributed by atoms with Crippen LogP contribution in [0.25, 0.3) is 0 Å². The molecule has 4 rings (SSSR count). The summed E-state index contributed by atoms with van der Waals surface area (Å²) in [5.74, 6) is -0.583. The Morgan fingerprint density at radius 1 is 1.16 bits per heavy atom. The topological polar surface area (TPSA) is 94.2 Å². The minimum Gasteiger partial charge on any atom is -0.493 e. The number of hydrogen-bond donors (Lipinski definition) is 1. The SMILES string of the molecule is COc1ccc2c(c1OC)C(=O)OC2N1C(=O)CCC1C(=O)NCc1ccc(Cl)cc1. The number of methoxy groups -OCH3 is 2. The average molecular weight is 445 g/mol. The molecule has 8 nitrogen and oxygen atoms in total. The molecule has 162 valence electrons. The van der Waals surface area contributed by atoms with Gasteiger partial charge in [-0.25, -0.2) is 4.79 Å². The molecule has 1 saturated heterocycles. The third-order valence-corrected chi connectivity index (χ3v) is 5.71. The first-order valence-electron chi connectivity index (χ1n) is 9.73. The second-order valence-electron chi connectivity index (χ2n) is 7.22. The van der Waals surface area contributed by atoms with Crippen LogP contribution >= 0.6 is 11.6 Å². The normalized spacial score (nSPS) is 19.8. The van der Waals surface area contributed by atoms with E-state index in [0.717, 1.165) is 5.56 Å². The standard InChI is InChI=1S/C22H21ClN2O6/c1-29-16-9-7-14-18(19(16)30-2)22(28)31-21(14)25-15(8-10-17(25)26)20(27)24-11-12-3-5-13(23)6-4-12/h3-7,9,15,21H,8,10-11H2,1-2H3,(H,24,27). The van der Waals surface area contributed by atoms with Gasteiger partial charge in [-0.1, -0.05) is 23.7 Å². The third-order valence-electron chi connectivity index (χ3n) is 5.46. The van der Waals surface area contributed by atoms with Crippen molar-refractivity contribution >= 4 is 29.4 Å². The maximum absolute atomic E-state index is 12.9. The van der Waals surface area contributed by atoms with E-state index in [2.05, 4.69) is 5.32 Å². The van der Waals surface area contributed by atoms with Crippen molar-refractivity contribution < 1.29 is 28.6 Å². The first kappa shape index (κ1) is 21.0. The smallest absolute Gasteiger partial charge is 0.344 e. The highest BCUT2D eigenvalue weighted by Gasteiger charge is 2.47. The van der Waals surface area contributed by atoms with Crippen molar-refractivity contribution in [2.24, 2.45) is 0 Å². The summed E-state index contributed by atoms with van der Waals surface area (Å²) in [6, 6.07) is 9.65. The Balaban J connectivity index is 1.57. The maximum atomic E-state index is 12.9. The van der Waals surface area contributed by atoms with Gasteiger partial charge < -0.3 is 19.5 Å². The van der Waals surface area contributed by atoms with Gasteiger partial charge in [-0.2, -0.15) is 0 Å². The van der Waals surface area contributed by atoms with Crippen LogP contribution in [-0.4, -0.2) is 42.9 Å². The first-order chi connectivity index (χ1) is 14.9. The number of ether oxygens (including phenoxy) is 3. The van der Waals surface area contributed by atoms with Crippen LogP contribution in [0, 0.1) is 0 Å². The lowest BCUT2D eigenvalue weighted by molar-refractivity contribution is -0.145. The number of halogens is 1. The van der Waals surface area contributed by atoms with E-state index in [1.54, 1.807) is 24.3 Å². The molecular formula is C22H21ClN2O6. The second-order valence-corrected chi connectivity index (χ2v) is 7.66. The molecule has 9 heteroatoms. The van der Waals surface area contributed by atoms with Gasteiger partial charge in [0.25, 0.3) is 0 Å². The predicted molar refractivity (Wildman–Crippen MR) is 111 cm³/mol. The number of carbonyl (C=O) groups excluding carboxylic acids is 3. The lowest BCUT2D eigenvalue weighted by atomic mass is 10.1. The molecule has 1 N–H and O–H groups in total. The number of hydrogen-bond acceptors (Lipinski definition) is 6. The van der Waals surface area contributed by atoms with E-state index in [1.165, 1.54) is 19.1 Å². The fourth-order valence-corrected chi connectivity index (χ4v) is 4.08. The minimum atomic E-state index is -0.997. The van der Waals surface area contributed by atoms with E-state index >= 15 is 0 Å². The molecule has 0 aliphatic carbocycles. The Kier molecular flexibility index (Phi) is 5.73. The number of carbonyl (C=O) groups is 3. The summed E-state index contributed by atoms with van der Waals surface area (Å²) in [6.45, 7) is 0.292. The van der Waals surface area contributed by atoms with Crippen molar-refractivity contribution in [1.29, 1.82) is 0 Å². The molecule has 2 aliphatic heterocycles. The number of amides is 2. The number of nitrogens with zero attached hydrogens (tertiary/aromatic N) is 1. The number of cyclic esters (lactones) is 1. The molecule has 0 aromatic heterocycles. The van der Waals surface area contributed by atoms with Gasteiger partial charge in [0, 0.05) is 23.6 Å². The molecule has 0 radical (unpaired) electrons. The van der Waals surface area contributed by atoms with Gasteiger partial charge in [-0.3, -0.25) is 14.5 Å². The molecule has 2 amide bonds. The van der Waals surface area contributed by atoms with Crippen molar-refractivity contribution in [2.45, 2.75) is 31.7 Å². The van der Waals surface area contributed by atoms with Gasteiger partial charge in [0.1, 0.15) is 11.6 Å². The molecular weight excluding hydrogens is 424 g/mol. The van der Waals surface area contributed by atoms with Crippen LogP contribution in [0.4, 0.5) is 0 Å². The summed E-state index contributed by atoms with van der Waals surface area (Å²) in [7, 11) is 2.89. The van der Waals surface area contributed by atoms with E-state index < -0.39 is 18.2 Å². The molecule has 2 unspecified atom stereocenters. The number of benzene rings is 2. The monoisotopic (exact) mass is 444 g/mol. The number of rotatable bonds is 6. The van der Waals surface area contributed by atoms with Crippen LogP contribution in [0.3, 0.4) is 0 Å². The molecule has 1 fully saturated rings. The zero-order chi connectivity index (χ0) is 22.1. The zero-order valence-electron chi connectivity index (χ0n) is 17.0. The van der Waals surface area contributed by atoms with E-state index in [1.807, 2.05) is 12.1 Å². The Morgan fingerprint density at radius 3 is 2.58 bits per heavy atom. The van der Waals surface area contributed by atoms with Crippen molar-refractivity contribution in [3.63, 3.8) is 0 Å². The molecule has 2 atom stereocenters.